The monoisotopic (exact) mass is 1580 g/mol. The van der Waals surface area contributed by atoms with E-state index < -0.39 is 29.3 Å². The maximum absolute atomic E-state index is 13.6. The quantitative estimate of drug-likeness (QED) is 0.0156. The Balaban J connectivity index is 0.000000169. The minimum atomic E-state index is -1.19. The number of aryl methyl sites for hydroxylation is 3. The van der Waals surface area contributed by atoms with Gasteiger partial charge in [0.25, 0.3) is 17.4 Å². The van der Waals surface area contributed by atoms with E-state index in [1.807, 2.05) is 54.6 Å². The van der Waals surface area contributed by atoms with E-state index in [1.54, 1.807) is 107 Å². The molecule has 5 heterocycles. The molecule has 1 atom stereocenters. The molecule has 8 aromatic carbocycles. The zero-order chi connectivity index (χ0) is 82.0. The van der Waals surface area contributed by atoms with Crippen LogP contribution in [0, 0.1) is 26.2 Å². The molecule has 0 saturated carbocycles. The zero-order valence-corrected chi connectivity index (χ0v) is 67.7. The number of carbonyl (C=O) groups is 6. The van der Waals surface area contributed by atoms with Crippen LogP contribution in [0.2, 0.25) is 15.1 Å². The van der Waals surface area contributed by atoms with Crippen molar-refractivity contribution in [2.45, 2.75) is 120 Å². The lowest BCUT2D eigenvalue weighted by Gasteiger charge is -2.25. The summed E-state index contributed by atoms with van der Waals surface area (Å²) in [5.41, 5.74) is 15.9. The summed E-state index contributed by atoms with van der Waals surface area (Å²) in [5, 5.41) is 39.7. The van der Waals surface area contributed by atoms with E-state index in [1.165, 1.54) is 108 Å². The fourth-order valence-corrected chi connectivity index (χ4v) is 14.1. The molecule has 580 valence electrons. The number of esters is 1. The van der Waals surface area contributed by atoms with Gasteiger partial charge in [0.1, 0.15) is 17.8 Å². The molecule has 2 amide bonds. The summed E-state index contributed by atoms with van der Waals surface area (Å²) in [4.78, 5) is 87.5. The molecule has 23 heteroatoms. The van der Waals surface area contributed by atoms with Gasteiger partial charge in [-0.25, -0.2) is 19.0 Å². The number of aromatic carboxylic acids is 2. The van der Waals surface area contributed by atoms with Gasteiger partial charge in [0.15, 0.2) is 17.5 Å². The average Bonchev–Trinajstić information content (AvgIpc) is 1.61. The molecule has 0 bridgehead atoms. The highest BCUT2D eigenvalue weighted by atomic mass is 35.5. The van der Waals surface area contributed by atoms with Crippen LogP contribution < -0.4 is 25.5 Å². The molecule has 0 spiro atoms. The number of carbonyl (C=O) groups excluding carboxylic acids is 4. The van der Waals surface area contributed by atoms with Crippen LogP contribution in [0.5, 0.6) is 5.75 Å². The van der Waals surface area contributed by atoms with Crippen LogP contribution in [-0.2, 0) is 36.4 Å². The lowest BCUT2D eigenvalue weighted by molar-refractivity contribution is -0.433. The summed E-state index contributed by atoms with van der Waals surface area (Å²) < 4.78 is 9.90. The summed E-state index contributed by atoms with van der Waals surface area (Å²) in [6.07, 6.45) is 15.7. The Kier molecular flexibility index (Phi) is 26.2. The van der Waals surface area contributed by atoms with E-state index in [0.29, 0.717) is 67.8 Å². The molecule has 4 N–H and O–H groups in total. The van der Waals surface area contributed by atoms with Crippen LogP contribution in [0.3, 0.4) is 0 Å². The molecule has 0 aliphatic carbocycles. The van der Waals surface area contributed by atoms with Gasteiger partial charge >= 0.3 is 17.9 Å². The minimum absolute atomic E-state index is 0.0998. The number of Topliss-reactive ketones (excluding diaryl/α,β-unsaturated/α-hetero) is 1. The van der Waals surface area contributed by atoms with Gasteiger partial charge < -0.3 is 25.2 Å². The number of nitrogens with zero attached hydrogens (tertiary/aromatic N) is 8. The number of carboxylic acid groups (broad SMARTS) is 2. The van der Waals surface area contributed by atoms with Crippen molar-refractivity contribution in [3.63, 3.8) is 0 Å². The Morgan fingerprint density at radius 1 is 0.681 bits per heavy atom. The molecule has 2 aromatic heterocycles. The third kappa shape index (κ3) is 19.1. The van der Waals surface area contributed by atoms with Crippen LogP contribution in [-0.4, -0.2) is 99.6 Å². The Hall–Kier alpha value is -12.1. The number of anilines is 3. The fraction of sp³-hybridized carbons (Fsp3) is 0.233. The molecular weight excluding hydrogens is 1490 g/mol. The van der Waals surface area contributed by atoms with Gasteiger partial charge in [-0.15, -0.1) is 5.10 Å². The van der Waals surface area contributed by atoms with Crippen molar-refractivity contribution in [1.29, 1.82) is 0 Å². The van der Waals surface area contributed by atoms with Gasteiger partial charge in [-0.05, 0) is 218 Å². The number of rotatable bonds is 18. The lowest BCUT2D eigenvalue weighted by Crippen LogP contribution is -2.39. The number of hydrogen-bond acceptors (Lipinski definition) is 12. The van der Waals surface area contributed by atoms with Crippen LogP contribution in [0.25, 0.3) is 22.8 Å². The number of carboxylic acids is 2. The highest BCUT2D eigenvalue weighted by molar-refractivity contribution is 6.34. The SMILES string of the molecule is CC(=O)Oc1ccccc1.CC1=NN(c2ccc(C(=O)O)cc2)C(=O)C1=C/C=C/C=C/c1c(C)[nH]n(-c2ccc(C(=O)O)cc2)c1=O.CCN1/C(=C\C=C\C2=[N+](CC)c3ccc(Cl)cc3C2(C)C)C(C)(C)c2cc(Cl)ccc21.Cc1ccc(Cc2ccc(Cl)c(NC(=O)C(C(=O)C(C)(C)C)n3nnc4ccccc43)c2)c(C)c1. The van der Waals surface area contributed by atoms with Crippen molar-refractivity contribution >= 4 is 122 Å². The summed E-state index contributed by atoms with van der Waals surface area (Å²) in [6, 6.07) is 51.2. The molecule has 13 rings (SSSR count). The number of fused-ring (bicyclic) bond motifs is 3. The number of likely N-dealkylation sites (N-methyl/N-ethyl adjacent to an activating group) is 1. The smallest absolute Gasteiger partial charge is 0.335 e. The zero-order valence-electron chi connectivity index (χ0n) is 65.4. The number of allylic oxidation sites excluding steroid dienone is 8. The van der Waals surface area contributed by atoms with Crippen LogP contribution in [0.4, 0.5) is 22.7 Å². The number of nitrogens with one attached hydrogen (secondary N) is 2. The average molecular weight is 1580 g/mol. The molecule has 20 nitrogen and oxygen atoms in total. The third-order valence-electron chi connectivity index (χ3n) is 19.6. The first-order valence-corrected chi connectivity index (χ1v) is 37.8. The van der Waals surface area contributed by atoms with E-state index in [9.17, 15) is 33.6 Å². The molecule has 3 aliphatic rings. The Labute approximate surface area is 672 Å². The standard InChI is InChI=1S/C28H29ClN4O2.C27H31Cl2N2.C27H22N4O6.C8H8O2/c1-17-10-12-20(18(2)14-17)15-19-11-13-21(29)23(16-19)30-27(35)25(26(34)28(3,4)5)33-24-9-7-6-8-22(24)31-32-33;1-7-30-22-14-12-18(28)16-20(22)26(3,4)24(30)10-9-11-25-27(5,6)21-17-19(29)13-15-23(21)31(25)8-2;1-16-22(24(32)30(28-16)20-12-8-18(9-13-20)26(34)35)6-4-3-5-7-23-17(2)29-31(25(23)33)21-14-10-19(11-15-21)27(36)37;1-7(9)10-8-5-3-2-4-6-8/h6-14,16,25H,15H2,1-5H3,(H,30,35);9-17H,7-8H2,1-6H3;3-15,28H,1-2H3,(H,34,35)(H,36,37);2-6H,1H3/q;+1;;/b;;5-3+,6-4+,23-7?;. The van der Waals surface area contributed by atoms with Gasteiger partial charge in [0, 0.05) is 69.1 Å². The third-order valence-corrected chi connectivity index (χ3v) is 20.4. The molecule has 113 heavy (non-hydrogen) atoms. The number of aromatic amines is 1. The van der Waals surface area contributed by atoms with Crippen molar-refractivity contribution in [2.75, 3.05) is 28.3 Å². The van der Waals surface area contributed by atoms with E-state index >= 15 is 0 Å². The molecule has 3 aliphatic heterocycles. The fourth-order valence-electron chi connectivity index (χ4n) is 13.6. The van der Waals surface area contributed by atoms with Crippen molar-refractivity contribution in [3.8, 4) is 11.4 Å². The van der Waals surface area contributed by atoms with Gasteiger partial charge in [0.2, 0.25) is 5.69 Å². The number of para-hydroxylation sites is 2. The first kappa shape index (κ1) is 83.4. The number of hydrogen-bond donors (Lipinski definition) is 4. The van der Waals surface area contributed by atoms with E-state index in [4.69, 9.17) is 49.8 Å². The van der Waals surface area contributed by atoms with Gasteiger partial charge in [0.05, 0.1) is 61.0 Å². The molecule has 0 radical (unpaired) electrons. The van der Waals surface area contributed by atoms with Gasteiger partial charge in [-0.3, -0.25) is 29.1 Å². The second-order valence-corrected chi connectivity index (χ2v) is 30.6. The van der Waals surface area contributed by atoms with E-state index in [2.05, 4.69) is 151 Å². The van der Waals surface area contributed by atoms with Crippen molar-refractivity contribution in [1.82, 2.24) is 24.8 Å². The highest BCUT2D eigenvalue weighted by Gasteiger charge is 2.45. The molecule has 0 fully saturated rings. The number of H-pyrrole nitrogens is 1. The maximum atomic E-state index is 13.6. The summed E-state index contributed by atoms with van der Waals surface area (Å²) >= 11 is 19.1. The van der Waals surface area contributed by atoms with Gasteiger partial charge in [-0.2, -0.15) is 14.7 Å². The highest BCUT2D eigenvalue weighted by Crippen LogP contribution is 2.49. The minimum Gasteiger partial charge on any atom is -0.478 e. The molecule has 1 unspecified atom stereocenters. The Bertz CT molecular complexity index is 5620. The number of amides is 2. The Morgan fingerprint density at radius 2 is 1.32 bits per heavy atom. The predicted molar refractivity (Wildman–Crippen MR) is 451 cm³/mol. The predicted octanol–water partition coefficient (Wildman–Crippen LogP) is 19.1. The van der Waals surface area contributed by atoms with Crippen LogP contribution in [0.15, 0.2) is 240 Å². The van der Waals surface area contributed by atoms with E-state index in [-0.39, 0.29) is 45.2 Å². The number of halogens is 3. The topological polar surface area (TPSA) is 254 Å². The van der Waals surface area contributed by atoms with Gasteiger partial charge in [-0.1, -0.05) is 159 Å². The summed E-state index contributed by atoms with van der Waals surface area (Å²) in [6.45, 7) is 29.7. The number of ether oxygens (including phenoxy) is 1. The number of benzene rings is 8. The van der Waals surface area contributed by atoms with Crippen molar-refractivity contribution < 1.29 is 48.3 Å². The summed E-state index contributed by atoms with van der Waals surface area (Å²) in [5.74, 6) is -2.91. The molecular formula is C90H90Cl3N10O10+. The number of aromatic nitrogens is 5. The molecule has 0 saturated heterocycles. The summed E-state index contributed by atoms with van der Waals surface area (Å²) in [7, 11) is 0. The maximum Gasteiger partial charge on any atom is 0.335 e. The van der Waals surface area contributed by atoms with Crippen molar-refractivity contribution in [2.24, 2.45) is 10.5 Å². The lowest BCUT2D eigenvalue weighted by atomic mass is 9.81. The molecule has 10 aromatic rings. The first-order valence-electron chi connectivity index (χ1n) is 36.7. The first-order chi connectivity index (χ1) is 53.6. The second kappa shape index (κ2) is 35.5. The Morgan fingerprint density at radius 3 is 1.95 bits per heavy atom. The van der Waals surface area contributed by atoms with Crippen LogP contribution >= 0.6 is 34.8 Å². The largest absolute Gasteiger partial charge is 0.478 e. The second-order valence-electron chi connectivity index (χ2n) is 29.3. The normalized spacial score (nSPS) is 15.0. The van der Waals surface area contributed by atoms with Crippen molar-refractivity contribution in [3.05, 3.63) is 311 Å². The van der Waals surface area contributed by atoms with E-state index in [0.717, 1.165) is 28.7 Å². The number of ketones is 1. The number of hydrazone groups is 1. The van der Waals surface area contributed by atoms with Crippen LogP contribution in [0.1, 0.15) is 148 Å².